The molecule has 0 saturated heterocycles. The number of rotatable bonds is 4. The van der Waals surface area contributed by atoms with Crippen LogP contribution in [-0.4, -0.2) is 5.97 Å². The number of hydrogen-bond donors (Lipinski definition) is 1. The third kappa shape index (κ3) is 3.56. The van der Waals surface area contributed by atoms with Crippen LogP contribution in [0.3, 0.4) is 0 Å². The number of carbonyl (C=O) groups excluding carboxylic acids is 1. The smallest absolute Gasteiger partial charge is 0.351 e. The summed E-state index contributed by atoms with van der Waals surface area (Å²) in [4.78, 5) is 15.9. The maximum Gasteiger partial charge on any atom is 0.351 e. The van der Waals surface area contributed by atoms with E-state index in [1.165, 1.54) is 0 Å². The summed E-state index contributed by atoms with van der Waals surface area (Å²) in [6.45, 7) is 7.02. The molecule has 0 fully saturated rings. The third-order valence-corrected chi connectivity index (χ3v) is 1.98. The molecule has 0 spiro atoms. The second-order valence-corrected chi connectivity index (χ2v) is 3.42. The molecular formula is C12H15NO2. The standard InChI is InChI=1S/C12H15NO2/c1-9(2)12(14)15-13-10(3)11-7-5-4-6-8-11/h4-8,10,13H,1H2,2-3H3. The van der Waals surface area contributed by atoms with Crippen LogP contribution in [0.5, 0.6) is 0 Å². The van der Waals surface area contributed by atoms with Gasteiger partial charge >= 0.3 is 5.97 Å². The minimum absolute atomic E-state index is 0.0329. The number of benzene rings is 1. The highest BCUT2D eigenvalue weighted by Gasteiger charge is 2.08. The molecule has 3 heteroatoms. The van der Waals surface area contributed by atoms with Gasteiger partial charge in [0.25, 0.3) is 0 Å². The summed E-state index contributed by atoms with van der Waals surface area (Å²) in [5.41, 5.74) is 4.11. The van der Waals surface area contributed by atoms with Gasteiger partial charge in [0.05, 0.1) is 6.04 Å². The van der Waals surface area contributed by atoms with Crippen molar-refractivity contribution in [3.8, 4) is 0 Å². The fraction of sp³-hybridized carbons (Fsp3) is 0.250. The van der Waals surface area contributed by atoms with Gasteiger partial charge in [0.2, 0.25) is 0 Å². The molecule has 0 saturated carbocycles. The Hall–Kier alpha value is -1.61. The Bertz CT molecular complexity index is 346. The zero-order valence-electron chi connectivity index (χ0n) is 8.99. The minimum Gasteiger partial charge on any atom is -0.366 e. The fourth-order valence-corrected chi connectivity index (χ4v) is 1.04. The van der Waals surface area contributed by atoms with E-state index in [1.807, 2.05) is 37.3 Å². The quantitative estimate of drug-likeness (QED) is 0.605. The summed E-state index contributed by atoms with van der Waals surface area (Å²) in [6.07, 6.45) is 0. The average molecular weight is 205 g/mol. The summed E-state index contributed by atoms with van der Waals surface area (Å²) in [6, 6.07) is 9.71. The Labute approximate surface area is 89.7 Å². The van der Waals surface area contributed by atoms with E-state index in [0.29, 0.717) is 5.57 Å². The average Bonchev–Trinajstić information content (AvgIpc) is 2.26. The molecule has 0 heterocycles. The van der Waals surface area contributed by atoms with Gasteiger partial charge in [0.1, 0.15) is 0 Å². The zero-order chi connectivity index (χ0) is 11.3. The molecule has 1 atom stereocenters. The summed E-state index contributed by atoms with van der Waals surface area (Å²) >= 11 is 0. The van der Waals surface area contributed by atoms with Crippen LogP contribution < -0.4 is 5.48 Å². The molecule has 3 nitrogen and oxygen atoms in total. The van der Waals surface area contributed by atoms with E-state index in [0.717, 1.165) is 5.56 Å². The molecular weight excluding hydrogens is 190 g/mol. The van der Waals surface area contributed by atoms with Crippen LogP contribution >= 0.6 is 0 Å². The first kappa shape index (κ1) is 11.5. The Morgan fingerprint density at radius 1 is 1.40 bits per heavy atom. The Balaban J connectivity index is 2.47. The Morgan fingerprint density at radius 3 is 2.53 bits per heavy atom. The maximum atomic E-state index is 11.1. The molecule has 1 aromatic rings. The molecule has 0 bridgehead atoms. The van der Waals surface area contributed by atoms with Gasteiger partial charge in [-0.1, -0.05) is 36.9 Å². The van der Waals surface area contributed by atoms with Crippen molar-refractivity contribution in [3.05, 3.63) is 48.0 Å². The second kappa shape index (κ2) is 5.32. The number of nitrogens with one attached hydrogen (secondary N) is 1. The lowest BCUT2D eigenvalue weighted by Crippen LogP contribution is -2.23. The van der Waals surface area contributed by atoms with E-state index >= 15 is 0 Å². The van der Waals surface area contributed by atoms with Crippen LogP contribution in [0, 0.1) is 0 Å². The molecule has 0 amide bonds. The van der Waals surface area contributed by atoms with Crippen molar-refractivity contribution in [3.63, 3.8) is 0 Å². The van der Waals surface area contributed by atoms with Gasteiger partial charge in [-0.25, -0.2) is 4.79 Å². The molecule has 1 aromatic carbocycles. The minimum atomic E-state index is -0.433. The highest BCUT2D eigenvalue weighted by atomic mass is 16.7. The largest absolute Gasteiger partial charge is 0.366 e. The second-order valence-electron chi connectivity index (χ2n) is 3.42. The summed E-state index contributed by atoms with van der Waals surface area (Å²) < 4.78 is 0. The van der Waals surface area contributed by atoms with Crippen molar-refractivity contribution < 1.29 is 9.63 Å². The van der Waals surface area contributed by atoms with E-state index in [4.69, 9.17) is 4.84 Å². The van der Waals surface area contributed by atoms with Gasteiger partial charge < -0.3 is 4.84 Å². The number of carbonyl (C=O) groups is 1. The Kier molecular flexibility index (Phi) is 4.06. The molecule has 1 rings (SSSR count). The van der Waals surface area contributed by atoms with Crippen molar-refractivity contribution >= 4 is 5.97 Å². The van der Waals surface area contributed by atoms with Crippen LogP contribution in [0.4, 0.5) is 0 Å². The first-order chi connectivity index (χ1) is 7.11. The van der Waals surface area contributed by atoms with Crippen molar-refractivity contribution in [2.24, 2.45) is 0 Å². The monoisotopic (exact) mass is 205 g/mol. The van der Waals surface area contributed by atoms with Crippen LogP contribution in [-0.2, 0) is 9.63 Å². The van der Waals surface area contributed by atoms with E-state index in [-0.39, 0.29) is 6.04 Å². The third-order valence-electron chi connectivity index (χ3n) is 1.98. The first-order valence-electron chi connectivity index (χ1n) is 4.78. The highest BCUT2D eigenvalue weighted by Crippen LogP contribution is 2.10. The maximum absolute atomic E-state index is 11.1. The van der Waals surface area contributed by atoms with Gasteiger partial charge in [0, 0.05) is 5.57 Å². The SMILES string of the molecule is C=C(C)C(=O)ONC(C)c1ccccc1. The van der Waals surface area contributed by atoms with Crippen LogP contribution in [0.2, 0.25) is 0 Å². The Morgan fingerprint density at radius 2 is 2.00 bits per heavy atom. The summed E-state index contributed by atoms with van der Waals surface area (Å²) in [7, 11) is 0. The van der Waals surface area contributed by atoms with Crippen molar-refractivity contribution in [2.75, 3.05) is 0 Å². The van der Waals surface area contributed by atoms with Gasteiger partial charge in [-0.05, 0) is 19.4 Å². The molecule has 1 unspecified atom stereocenters. The van der Waals surface area contributed by atoms with Gasteiger partial charge in [-0.3, -0.25) is 0 Å². The van der Waals surface area contributed by atoms with Gasteiger partial charge in [-0.15, -0.1) is 5.48 Å². The van der Waals surface area contributed by atoms with Gasteiger partial charge in [0.15, 0.2) is 0 Å². The molecule has 1 N–H and O–H groups in total. The van der Waals surface area contributed by atoms with Gasteiger partial charge in [-0.2, -0.15) is 0 Å². The highest BCUT2D eigenvalue weighted by molar-refractivity contribution is 5.86. The molecule has 80 valence electrons. The van der Waals surface area contributed by atoms with Crippen LogP contribution in [0.25, 0.3) is 0 Å². The molecule has 0 aliphatic rings. The summed E-state index contributed by atoms with van der Waals surface area (Å²) in [5, 5.41) is 0. The van der Waals surface area contributed by atoms with Crippen molar-refractivity contribution in [1.82, 2.24) is 5.48 Å². The summed E-state index contributed by atoms with van der Waals surface area (Å²) in [5.74, 6) is -0.433. The van der Waals surface area contributed by atoms with Crippen LogP contribution in [0.1, 0.15) is 25.5 Å². The molecule has 15 heavy (non-hydrogen) atoms. The van der Waals surface area contributed by atoms with E-state index in [1.54, 1.807) is 6.92 Å². The molecule has 0 aliphatic heterocycles. The normalized spacial score (nSPS) is 11.9. The lowest BCUT2D eigenvalue weighted by atomic mass is 10.1. The van der Waals surface area contributed by atoms with Crippen LogP contribution in [0.15, 0.2) is 42.5 Å². The van der Waals surface area contributed by atoms with Crippen molar-refractivity contribution in [2.45, 2.75) is 19.9 Å². The lowest BCUT2D eigenvalue weighted by Gasteiger charge is -2.13. The van der Waals surface area contributed by atoms with E-state index in [9.17, 15) is 4.79 Å². The molecule has 0 aliphatic carbocycles. The van der Waals surface area contributed by atoms with E-state index in [2.05, 4.69) is 12.1 Å². The number of hydrogen-bond acceptors (Lipinski definition) is 3. The van der Waals surface area contributed by atoms with Crippen molar-refractivity contribution in [1.29, 1.82) is 0 Å². The molecule has 0 aromatic heterocycles. The molecule has 0 radical (unpaired) electrons. The van der Waals surface area contributed by atoms with E-state index < -0.39 is 5.97 Å². The topological polar surface area (TPSA) is 38.3 Å². The fourth-order valence-electron chi connectivity index (χ4n) is 1.04. The lowest BCUT2D eigenvalue weighted by molar-refractivity contribution is -0.147. The number of hydroxylamine groups is 1. The first-order valence-corrected chi connectivity index (χ1v) is 4.78. The predicted octanol–water partition coefficient (Wildman–Crippen LogP) is 2.37. The zero-order valence-corrected chi connectivity index (χ0v) is 8.99. The predicted molar refractivity (Wildman–Crippen MR) is 58.9 cm³/mol.